The summed E-state index contributed by atoms with van der Waals surface area (Å²) in [5, 5.41) is 3.09. The number of benzene rings is 2. The molecule has 1 atom stereocenters. The summed E-state index contributed by atoms with van der Waals surface area (Å²) in [5.41, 5.74) is 4.70. The Morgan fingerprint density at radius 2 is 1.69 bits per heavy atom. The lowest BCUT2D eigenvalue weighted by Crippen LogP contribution is -2.42. The van der Waals surface area contributed by atoms with E-state index in [0.717, 1.165) is 28.7 Å². The minimum atomic E-state index is -0.109. The molecular weight excluding hydrogens is 324 g/mol. The molecule has 5 nitrogen and oxygen atoms in total. The van der Waals surface area contributed by atoms with Gasteiger partial charge in [-0.3, -0.25) is 4.79 Å². The zero-order valence-electron chi connectivity index (χ0n) is 16.1. The maximum Gasteiger partial charge on any atom is 0.253 e. The lowest BCUT2D eigenvalue weighted by Gasteiger charge is -2.25. The molecule has 136 valence electrons. The van der Waals surface area contributed by atoms with Gasteiger partial charge in [0.15, 0.2) is 0 Å². The van der Waals surface area contributed by atoms with Gasteiger partial charge in [0.2, 0.25) is 0 Å². The highest BCUT2D eigenvalue weighted by molar-refractivity contribution is 6.06. The number of likely N-dealkylation sites (N-methyl/N-ethyl adjacent to an activating group) is 1. The Bertz CT molecular complexity index is 951. The molecule has 2 aromatic carbocycles. The third-order valence-electron chi connectivity index (χ3n) is 4.76. The average Bonchev–Trinajstić information content (AvgIpc) is 2.59. The fourth-order valence-electron chi connectivity index (χ4n) is 3.03. The topological polar surface area (TPSA) is 58.1 Å². The van der Waals surface area contributed by atoms with Crippen molar-refractivity contribution < 1.29 is 4.79 Å². The molecule has 0 aliphatic carbocycles. The van der Waals surface area contributed by atoms with E-state index in [-0.39, 0.29) is 11.9 Å². The van der Waals surface area contributed by atoms with E-state index in [1.54, 1.807) is 0 Å². The number of para-hydroxylation sites is 2. The van der Waals surface area contributed by atoms with E-state index >= 15 is 0 Å². The summed E-state index contributed by atoms with van der Waals surface area (Å²) in [7, 11) is 2.06. The van der Waals surface area contributed by atoms with Crippen LogP contribution in [-0.2, 0) is 0 Å². The lowest BCUT2D eigenvalue weighted by atomic mass is 10.1. The molecule has 3 aromatic rings. The Balaban J connectivity index is 1.94. The highest BCUT2D eigenvalue weighted by Gasteiger charge is 2.17. The van der Waals surface area contributed by atoms with Gasteiger partial charge in [0.25, 0.3) is 5.91 Å². The van der Waals surface area contributed by atoms with E-state index in [2.05, 4.69) is 36.1 Å². The molecule has 1 heterocycles. The van der Waals surface area contributed by atoms with Gasteiger partial charge in [-0.05, 0) is 58.5 Å². The van der Waals surface area contributed by atoms with Crippen molar-refractivity contribution in [1.82, 2.24) is 20.2 Å². The molecule has 0 aliphatic rings. The number of nitrogens with zero attached hydrogens (tertiary/aromatic N) is 3. The number of carbonyl (C=O) groups is 1. The van der Waals surface area contributed by atoms with Gasteiger partial charge in [-0.1, -0.05) is 18.2 Å². The molecule has 0 aliphatic heterocycles. The van der Waals surface area contributed by atoms with Crippen molar-refractivity contribution in [3.8, 4) is 0 Å². The summed E-state index contributed by atoms with van der Waals surface area (Å²) in [6, 6.07) is 12.0. The maximum absolute atomic E-state index is 12.8. The second kappa shape index (κ2) is 7.38. The first-order chi connectivity index (χ1) is 12.4. The van der Waals surface area contributed by atoms with Crippen LogP contribution in [-0.4, -0.2) is 46.5 Å². The molecule has 3 rings (SSSR count). The van der Waals surface area contributed by atoms with E-state index in [1.807, 2.05) is 50.2 Å². The smallest absolute Gasteiger partial charge is 0.253 e. The molecule has 1 amide bonds. The number of aromatic nitrogens is 2. The van der Waals surface area contributed by atoms with Crippen molar-refractivity contribution in [3.63, 3.8) is 0 Å². The molecule has 5 heteroatoms. The zero-order chi connectivity index (χ0) is 18.8. The van der Waals surface area contributed by atoms with Crippen molar-refractivity contribution in [2.75, 3.05) is 13.6 Å². The van der Waals surface area contributed by atoms with Crippen LogP contribution >= 0.6 is 0 Å². The number of nitrogens with one attached hydrogen (secondary N) is 1. The summed E-state index contributed by atoms with van der Waals surface area (Å²) < 4.78 is 0. The Kier molecular flexibility index (Phi) is 5.18. The maximum atomic E-state index is 12.8. The first kappa shape index (κ1) is 18.3. The first-order valence-electron chi connectivity index (χ1n) is 9.04. The summed E-state index contributed by atoms with van der Waals surface area (Å²) in [6.07, 6.45) is 0. The molecule has 0 fully saturated rings. The Labute approximate surface area is 154 Å². The average molecular weight is 350 g/mol. The summed E-state index contributed by atoms with van der Waals surface area (Å²) >= 11 is 0. The van der Waals surface area contributed by atoms with Gasteiger partial charge >= 0.3 is 0 Å². The molecule has 0 radical (unpaired) electrons. The van der Waals surface area contributed by atoms with Crippen LogP contribution in [0.1, 0.15) is 36.7 Å². The van der Waals surface area contributed by atoms with Crippen molar-refractivity contribution in [3.05, 3.63) is 47.5 Å². The fourth-order valence-corrected chi connectivity index (χ4v) is 3.03. The second-order valence-electron chi connectivity index (χ2n) is 7.25. The number of aryl methyl sites for hydroxylation is 1. The normalized spacial score (nSPS) is 12.9. The quantitative estimate of drug-likeness (QED) is 0.715. The van der Waals surface area contributed by atoms with Gasteiger partial charge in [-0.2, -0.15) is 0 Å². The number of rotatable bonds is 5. The van der Waals surface area contributed by atoms with Gasteiger partial charge in [0, 0.05) is 18.6 Å². The molecule has 1 N–H and O–H groups in total. The third-order valence-corrected chi connectivity index (χ3v) is 4.76. The van der Waals surface area contributed by atoms with E-state index in [1.165, 1.54) is 0 Å². The molecule has 0 spiro atoms. The van der Waals surface area contributed by atoms with Crippen molar-refractivity contribution in [2.45, 2.75) is 39.8 Å². The SMILES string of the molecule is Cc1cccc2nc3cccc(C(=O)NC(C)CN(C)C(C)C)c3nc12. The van der Waals surface area contributed by atoms with Crippen molar-refractivity contribution in [2.24, 2.45) is 0 Å². The van der Waals surface area contributed by atoms with Gasteiger partial charge in [-0.15, -0.1) is 0 Å². The predicted molar refractivity (Wildman–Crippen MR) is 106 cm³/mol. The van der Waals surface area contributed by atoms with E-state index < -0.39 is 0 Å². The van der Waals surface area contributed by atoms with Crippen LogP contribution in [0.3, 0.4) is 0 Å². The highest BCUT2D eigenvalue weighted by atomic mass is 16.1. The van der Waals surface area contributed by atoms with E-state index in [0.29, 0.717) is 17.1 Å². The Morgan fingerprint density at radius 3 is 2.38 bits per heavy atom. The van der Waals surface area contributed by atoms with Gasteiger partial charge in [0.1, 0.15) is 5.52 Å². The van der Waals surface area contributed by atoms with Crippen LogP contribution in [0.2, 0.25) is 0 Å². The van der Waals surface area contributed by atoms with Crippen LogP contribution in [0.5, 0.6) is 0 Å². The highest BCUT2D eigenvalue weighted by Crippen LogP contribution is 2.21. The molecule has 1 aromatic heterocycles. The number of carbonyl (C=O) groups excluding carboxylic acids is 1. The Hall–Kier alpha value is -2.53. The standard InChI is InChI=1S/C21H26N4O/c1-13(2)25(5)12-15(4)22-21(26)16-9-7-11-18-20(16)24-19-14(3)8-6-10-17(19)23-18/h6-11,13,15H,12H2,1-5H3,(H,22,26). The monoisotopic (exact) mass is 350 g/mol. The van der Waals surface area contributed by atoms with Crippen LogP contribution in [0.25, 0.3) is 22.1 Å². The molecular formula is C21H26N4O. The predicted octanol–water partition coefficient (Wildman–Crippen LogP) is 3.55. The molecule has 0 saturated carbocycles. The van der Waals surface area contributed by atoms with Gasteiger partial charge in [0.05, 0.1) is 22.1 Å². The van der Waals surface area contributed by atoms with Crippen molar-refractivity contribution in [1.29, 1.82) is 0 Å². The number of amides is 1. The van der Waals surface area contributed by atoms with Crippen LogP contribution in [0, 0.1) is 6.92 Å². The lowest BCUT2D eigenvalue weighted by molar-refractivity contribution is 0.0930. The van der Waals surface area contributed by atoms with E-state index in [4.69, 9.17) is 4.98 Å². The molecule has 1 unspecified atom stereocenters. The summed E-state index contributed by atoms with van der Waals surface area (Å²) in [6.45, 7) is 9.11. The molecule has 0 saturated heterocycles. The van der Waals surface area contributed by atoms with Crippen LogP contribution in [0.4, 0.5) is 0 Å². The van der Waals surface area contributed by atoms with Gasteiger partial charge < -0.3 is 10.2 Å². The van der Waals surface area contributed by atoms with Crippen LogP contribution < -0.4 is 5.32 Å². The molecule has 0 bridgehead atoms. The number of hydrogen-bond donors (Lipinski definition) is 1. The van der Waals surface area contributed by atoms with Crippen LogP contribution in [0.15, 0.2) is 36.4 Å². The number of hydrogen-bond acceptors (Lipinski definition) is 4. The summed E-state index contributed by atoms with van der Waals surface area (Å²) in [4.78, 5) is 24.5. The van der Waals surface area contributed by atoms with E-state index in [9.17, 15) is 4.79 Å². The summed E-state index contributed by atoms with van der Waals surface area (Å²) in [5.74, 6) is -0.109. The second-order valence-corrected chi connectivity index (χ2v) is 7.25. The van der Waals surface area contributed by atoms with Crippen molar-refractivity contribution >= 4 is 28.0 Å². The fraction of sp³-hybridized carbons (Fsp3) is 0.381. The largest absolute Gasteiger partial charge is 0.348 e. The third kappa shape index (κ3) is 3.68. The molecule has 26 heavy (non-hydrogen) atoms. The minimum absolute atomic E-state index is 0.0420. The minimum Gasteiger partial charge on any atom is -0.348 e. The first-order valence-corrected chi connectivity index (χ1v) is 9.04. The zero-order valence-corrected chi connectivity index (χ0v) is 16.1. The number of fused-ring (bicyclic) bond motifs is 2. The Morgan fingerprint density at radius 1 is 1.04 bits per heavy atom. The van der Waals surface area contributed by atoms with Gasteiger partial charge in [-0.25, -0.2) is 9.97 Å².